The number of fused-ring (bicyclic) bond motifs is 4. The van der Waals surface area contributed by atoms with Crippen LogP contribution in [-0.2, 0) is 4.79 Å². The molecular weight excluding hydrogens is 256 g/mol. The predicted octanol–water partition coefficient (Wildman–Crippen LogP) is 4.44. The molecule has 0 aliphatic heterocycles. The highest BCUT2D eigenvalue weighted by atomic mass is 16.1. The molecule has 21 heavy (non-hydrogen) atoms. The molecule has 1 nitrogen and oxygen atoms in total. The molecular formula is C20H24O. The fourth-order valence-electron chi connectivity index (χ4n) is 5.84. The van der Waals surface area contributed by atoms with Crippen LogP contribution in [0.3, 0.4) is 0 Å². The molecule has 110 valence electrons. The second kappa shape index (κ2) is 4.60. The monoisotopic (exact) mass is 280 g/mol. The third-order valence-corrected chi connectivity index (χ3v) is 6.94. The maximum atomic E-state index is 11.7. The van der Waals surface area contributed by atoms with Crippen molar-refractivity contribution in [1.82, 2.24) is 0 Å². The van der Waals surface area contributed by atoms with E-state index in [1.807, 2.05) is 0 Å². The maximum Gasteiger partial charge on any atom is 0.137 e. The van der Waals surface area contributed by atoms with Crippen LogP contribution in [0.15, 0.2) is 22.8 Å². The smallest absolute Gasteiger partial charge is 0.137 e. The minimum Gasteiger partial charge on any atom is -0.299 e. The van der Waals surface area contributed by atoms with Gasteiger partial charge in [0, 0.05) is 23.8 Å². The van der Waals surface area contributed by atoms with Crippen molar-refractivity contribution < 1.29 is 4.79 Å². The zero-order valence-corrected chi connectivity index (χ0v) is 13.0. The van der Waals surface area contributed by atoms with Crippen LogP contribution in [0.2, 0.25) is 0 Å². The number of carbonyl (C=O) groups is 1. The van der Waals surface area contributed by atoms with Gasteiger partial charge in [-0.05, 0) is 56.3 Å². The van der Waals surface area contributed by atoms with Crippen molar-refractivity contribution in [3.63, 3.8) is 0 Å². The normalized spacial score (nSPS) is 41.8. The Morgan fingerprint density at radius 3 is 2.95 bits per heavy atom. The van der Waals surface area contributed by atoms with Gasteiger partial charge in [-0.1, -0.05) is 30.1 Å². The molecule has 0 amide bonds. The quantitative estimate of drug-likeness (QED) is 0.473. The van der Waals surface area contributed by atoms with E-state index >= 15 is 0 Å². The second-order valence-electron chi connectivity index (χ2n) is 7.71. The predicted molar refractivity (Wildman–Crippen MR) is 84.5 cm³/mol. The van der Waals surface area contributed by atoms with Gasteiger partial charge in [0.15, 0.2) is 0 Å². The molecule has 0 aromatic heterocycles. The lowest BCUT2D eigenvalue weighted by Gasteiger charge is -2.51. The van der Waals surface area contributed by atoms with Crippen molar-refractivity contribution in [2.75, 3.05) is 0 Å². The van der Waals surface area contributed by atoms with Gasteiger partial charge in [-0.25, -0.2) is 0 Å². The minimum absolute atomic E-state index is 0.262. The molecule has 0 N–H and O–H groups in total. The molecule has 1 fully saturated rings. The van der Waals surface area contributed by atoms with Crippen LogP contribution < -0.4 is 0 Å². The standard InChI is InChI=1S/C20H24O/c1-3-14-5-9-19-18-7-4-13-12-15(21)6-8-16(13)17(18)10-11-20(14,19)2/h1,5,17-19H,4,6-12H2,2H3. The highest BCUT2D eigenvalue weighted by molar-refractivity contribution is 5.82. The van der Waals surface area contributed by atoms with E-state index in [1.54, 1.807) is 5.57 Å². The summed E-state index contributed by atoms with van der Waals surface area (Å²) in [7, 11) is 0. The largest absolute Gasteiger partial charge is 0.299 e. The number of carbonyl (C=O) groups excluding carboxylic acids is 1. The summed E-state index contributed by atoms with van der Waals surface area (Å²) >= 11 is 0. The number of hydrogen-bond donors (Lipinski definition) is 0. The molecule has 0 aromatic rings. The lowest BCUT2D eigenvalue weighted by Crippen LogP contribution is -2.42. The summed E-state index contributed by atoms with van der Waals surface area (Å²) in [5, 5.41) is 0. The van der Waals surface area contributed by atoms with E-state index in [9.17, 15) is 4.79 Å². The number of ketones is 1. The second-order valence-corrected chi connectivity index (χ2v) is 7.71. The Hall–Kier alpha value is -1.29. The highest BCUT2D eigenvalue weighted by Gasteiger charge is 2.52. The molecule has 4 aliphatic carbocycles. The van der Waals surface area contributed by atoms with Crippen molar-refractivity contribution in [2.24, 2.45) is 23.2 Å². The molecule has 0 aromatic carbocycles. The van der Waals surface area contributed by atoms with Crippen molar-refractivity contribution in [3.8, 4) is 12.3 Å². The molecule has 0 radical (unpaired) electrons. The first-order valence-electron chi connectivity index (χ1n) is 8.53. The molecule has 1 saturated carbocycles. The lowest BCUT2D eigenvalue weighted by atomic mass is 9.53. The van der Waals surface area contributed by atoms with Gasteiger partial charge in [-0.3, -0.25) is 4.79 Å². The summed E-state index contributed by atoms with van der Waals surface area (Å²) < 4.78 is 0. The average Bonchev–Trinajstić information content (AvgIpc) is 2.83. The van der Waals surface area contributed by atoms with Gasteiger partial charge in [-0.2, -0.15) is 0 Å². The molecule has 4 aliphatic rings. The Balaban J connectivity index is 1.66. The number of Topliss-reactive ketones (excluding diaryl/α,β-unsaturated/α-hetero) is 1. The molecule has 1 heteroatoms. The van der Waals surface area contributed by atoms with Crippen LogP contribution in [0, 0.1) is 35.5 Å². The molecule has 4 unspecified atom stereocenters. The third kappa shape index (κ3) is 1.81. The number of rotatable bonds is 0. The van der Waals surface area contributed by atoms with Crippen molar-refractivity contribution >= 4 is 5.78 Å². The number of terminal acetylenes is 1. The Morgan fingerprint density at radius 2 is 2.14 bits per heavy atom. The Labute approximate surface area is 127 Å². The topological polar surface area (TPSA) is 17.1 Å². The van der Waals surface area contributed by atoms with Gasteiger partial charge in [0.1, 0.15) is 5.78 Å². The zero-order valence-electron chi connectivity index (χ0n) is 13.0. The Morgan fingerprint density at radius 1 is 1.29 bits per heavy atom. The van der Waals surface area contributed by atoms with Gasteiger partial charge in [0.2, 0.25) is 0 Å². The van der Waals surface area contributed by atoms with Gasteiger partial charge in [0.05, 0.1) is 0 Å². The summed E-state index contributed by atoms with van der Waals surface area (Å²) in [4.78, 5) is 11.7. The molecule has 0 bridgehead atoms. The first kappa shape index (κ1) is 13.4. The fraction of sp³-hybridized carbons (Fsp3) is 0.650. The maximum absolute atomic E-state index is 11.7. The molecule has 0 spiro atoms. The first-order valence-corrected chi connectivity index (χ1v) is 8.53. The van der Waals surface area contributed by atoms with Gasteiger partial charge in [0.25, 0.3) is 0 Å². The van der Waals surface area contributed by atoms with Gasteiger partial charge < -0.3 is 0 Å². The summed E-state index contributed by atoms with van der Waals surface area (Å²) in [6.07, 6.45) is 16.8. The van der Waals surface area contributed by atoms with E-state index in [-0.39, 0.29) is 5.41 Å². The van der Waals surface area contributed by atoms with Gasteiger partial charge >= 0.3 is 0 Å². The third-order valence-electron chi connectivity index (χ3n) is 6.94. The van der Waals surface area contributed by atoms with Crippen molar-refractivity contribution in [3.05, 3.63) is 22.8 Å². The molecule has 4 rings (SSSR count). The van der Waals surface area contributed by atoms with E-state index in [2.05, 4.69) is 18.9 Å². The zero-order chi connectivity index (χ0) is 14.6. The highest BCUT2D eigenvalue weighted by Crippen LogP contribution is 2.61. The average molecular weight is 280 g/mol. The summed E-state index contributed by atoms with van der Waals surface area (Å²) in [5.41, 5.74) is 4.73. The fourth-order valence-corrected chi connectivity index (χ4v) is 5.84. The van der Waals surface area contributed by atoms with E-state index in [4.69, 9.17) is 6.42 Å². The molecule has 0 heterocycles. The van der Waals surface area contributed by atoms with Gasteiger partial charge in [-0.15, -0.1) is 6.42 Å². The lowest BCUT2D eigenvalue weighted by molar-refractivity contribution is -0.119. The van der Waals surface area contributed by atoms with E-state index in [0.29, 0.717) is 5.78 Å². The van der Waals surface area contributed by atoms with Crippen molar-refractivity contribution in [2.45, 2.75) is 58.3 Å². The minimum atomic E-state index is 0.262. The van der Waals surface area contributed by atoms with Crippen LogP contribution in [-0.4, -0.2) is 5.78 Å². The summed E-state index contributed by atoms with van der Waals surface area (Å²) in [6.45, 7) is 2.40. The Kier molecular flexibility index (Phi) is 2.93. The van der Waals surface area contributed by atoms with Crippen LogP contribution in [0.25, 0.3) is 0 Å². The number of hydrogen-bond acceptors (Lipinski definition) is 1. The van der Waals surface area contributed by atoms with Crippen LogP contribution in [0.1, 0.15) is 58.3 Å². The van der Waals surface area contributed by atoms with E-state index < -0.39 is 0 Å². The summed E-state index contributed by atoms with van der Waals surface area (Å²) in [6, 6.07) is 0. The van der Waals surface area contributed by atoms with E-state index in [0.717, 1.165) is 37.0 Å². The van der Waals surface area contributed by atoms with Crippen LogP contribution >= 0.6 is 0 Å². The van der Waals surface area contributed by atoms with Crippen LogP contribution in [0.4, 0.5) is 0 Å². The van der Waals surface area contributed by atoms with E-state index in [1.165, 1.54) is 43.3 Å². The SMILES string of the molecule is C#CC1=CCC2C3CCC4=C(CCC(=O)C4)C3CCC12C. The van der Waals surface area contributed by atoms with Crippen LogP contribution in [0.5, 0.6) is 0 Å². The summed E-state index contributed by atoms with van der Waals surface area (Å²) in [5.74, 6) is 5.73. The molecule has 0 saturated heterocycles. The molecule has 4 atom stereocenters. The first-order chi connectivity index (χ1) is 10.1. The number of allylic oxidation sites excluding steroid dienone is 4. The Bertz CT molecular complexity index is 600. The van der Waals surface area contributed by atoms with Crippen molar-refractivity contribution in [1.29, 1.82) is 0 Å².